The van der Waals surface area contributed by atoms with Crippen LogP contribution >= 0.6 is 0 Å². The highest BCUT2D eigenvalue weighted by Gasteiger charge is 2.09. The number of fused-ring (bicyclic) bond motifs is 1. The van der Waals surface area contributed by atoms with Gasteiger partial charge in [-0.25, -0.2) is 4.98 Å². The van der Waals surface area contributed by atoms with Gasteiger partial charge in [0.05, 0.1) is 12.6 Å². The van der Waals surface area contributed by atoms with Crippen LogP contribution in [0.25, 0.3) is 10.9 Å². The summed E-state index contributed by atoms with van der Waals surface area (Å²) < 4.78 is 11.1. The molecule has 0 aliphatic rings. The van der Waals surface area contributed by atoms with Gasteiger partial charge in [0, 0.05) is 18.0 Å². The minimum absolute atomic E-state index is 0.436. The molecule has 1 heterocycles. The van der Waals surface area contributed by atoms with Crippen LogP contribution in [0.2, 0.25) is 0 Å². The fraction of sp³-hybridized carbons (Fsp3) is 0.118. The normalized spacial score (nSPS) is 10.6. The summed E-state index contributed by atoms with van der Waals surface area (Å²) in [6.07, 6.45) is 0. The fourth-order valence-electron chi connectivity index (χ4n) is 2.26. The van der Waals surface area contributed by atoms with Gasteiger partial charge in [0.1, 0.15) is 0 Å². The lowest BCUT2D eigenvalue weighted by Crippen LogP contribution is -2.00. The molecule has 0 unspecified atom stereocenters. The van der Waals surface area contributed by atoms with Gasteiger partial charge in [0.2, 0.25) is 5.88 Å². The van der Waals surface area contributed by atoms with Gasteiger partial charge in [-0.2, -0.15) is 0 Å². The summed E-state index contributed by atoms with van der Waals surface area (Å²) in [5.74, 6) is 1.81. The van der Waals surface area contributed by atoms with E-state index in [0.29, 0.717) is 23.9 Å². The van der Waals surface area contributed by atoms with E-state index in [-0.39, 0.29) is 0 Å². The molecule has 0 fully saturated rings. The Balaban J connectivity index is 2.05. The van der Waals surface area contributed by atoms with Crippen LogP contribution in [0, 0.1) is 0 Å². The van der Waals surface area contributed by atoms with E-state index in [0.717, 1.165) is 16.5 Å². The Morgan fingerprint density at radius 1 is 1.00 bits per heavy atom. The van der Waals surface area contributed by atoms with Crippen molar-refractivity contribution in [2.24, 2.45) is 5.73 Å². The van der Waals surface area contributed by atoms with Gasteiger partial charge >= 0.3 is 0 Å². The monoisotopic (exact) mass is 280 g/mol. The average Bonchev–Trinajstić information content (AvgIpc) is 2.54. The standard InChI is InChI=1S/C17H16N2O2/c1-20-15-8-4-5-9-16(15)21-17-10-12(11-18)13-6-2-3-7-14(13)19-17/h2-10H,11,18H2,1H3. The van der Waals surface area contributed by atoms with Crippen molar-refractivity contribution in [2.45, 2.75) is 6.54 Å². The predicted molar refractivity (Wildman–Crippen MR) is 82.7 cm³/mol. The average molecular weight is 280 g/mol. The molecule has 106 valence electrons. The molecule has 21 heavy (non-hydrogen) atoms. The lowest BCUT2D eigenvalue weighted by molar-refractivity contribution is 0.374. The molecule has 0 atom stereocenters. The Labute approximate surface area is 123 Å². The third kappa shape index (κ3) is 2.66. The van der Waals surface area contributed by atoms with Crippen LogP contribution < -0.4 is 15.2 Å². The number of hydrogen-bond donors (Lipinski definition) is 1. The maximum Gasteiger partial charge on any atom is 0.220 e. The molecular formula is C17H16N2O2. The molecule has 2 N–H and O–H groups in total. The molecule has 0 radical (unpaired) electrons. The van der Waals surface area contributed by atoms with Gasteiger partial charge in [-0.1, -0.05) is 30.3 Å². The number of ether oxygens (including phenoxy) is 2. The molecule has 3 rings (SSSR count). The van der Waals surface area contributed by atoms with E-state index in [1.807, 2.05) is 54.6 Å². The molecule has 0 bridgehead atoms. The van der Waals surface area contributed by atoms with E-state index in [2.05, 4.69) is 4.98 Å². The maximum absolute atomic E-state index is 5.86. The largest absolute Gasteiger partial charge is 0.493 e. The van der Waals surface area contributed by atoms with Gasteiger partial charge in [0.25, 0.3) is 0 Å². The first-order valence-corrected chi connectivity index (χ1v) is 6.71. The number of nitrogens with zero attached hydrogens (tertiary/aromatic N) is 1. The van der Waals surface area contributed by atoms with Gasteiger partial charge in [-0.3, -0.25) is 0 Å². The highest BCUT2D eigenvalue weighted by atomic mass is 16.5. The Hall–Kier alpha value is -2.59. The van der Waals surface area contributed by atoms with Crippen LogP contribution in [0.3, 0.4) is 0 Å². The minimum atomic E-state index is 0.436. The third-order valence-electron chi connectivity index (χ3n) is 3.28. The van der Waals surface area contributed by atoms with Crippen molar-refractivity contribution in [3.8, 4) is 17.4 Å². The molecule has 0 aliphatic carbocycles. The highest BCUT2D eigenvalue weighted by molar-refractivity contribution is 5.82. The van der Waals surface area contributed by atoms with Crippen molar-refractivity contribution in [3.05, 3.63) is 60.2 Å². The molecule has 0 aliphatic heterocycles. The van der Waals surface area contributed by atoms with Crippen LogP contribution in [0.15, 0.2) is 54.6 Å². The lowest BCUT2D eigenvalue weighted by atomic mass is 10.1. The summed E-state index contributed by atoms with van der Waals surface area (Å²) in [5.41, 5.74) is 7.70. The minimum Gasteiger partial charge on any atom is -0.493 e. The molecule has 3 aromatic rings. The molecule has 2 aromatic carbocycles. The fourth-order valence-corrected chi connectivity index (χ4v) is 2.26. The number of benzene rings is 2. The van der Waals surface area contributed by atoms with Crippen LogP contribution in [0.4, 0.5) is 0 Å². The second-order valence-corrected chi connectivity index (χ2v) is 4.59. The quantitative estimate of drug-likeness (QED) is 0.794. The van der Waals surface area contributed by atoms with Gasteiger partial charge < -0.3 is 15.2 Å². The molecule has 0 saturated heterocycles. The van der Waals surface area contributed by atoms with Crippen LogP contribution in [0.1, 0.15) is 5.56 Å². The number of hydrogen-bond acceptors (Lipinski definition) is 4. The van der Waals surface area contributed by atoms with Crippen molar-refractivity contribution in [1.82, 2.24) is 4.98 Å². The summed E-state index contributed by atoms with van der Waals surface area (Å²) in [6, 6.07) is 17.2. The Bertz CT molecular complexity index is 772. The lowest BCUT2D eigenvalue weighted by Gasteiger charge is -2.11. The van der Waals surface area contributed by atoms with Gasteiger partial charge in [-0.05, 0) is 23.8 Å². The first-order valence-electron chi connectivity index (χ1n) is 6.71. The molecule has 4 nitrogen and oxygen atoms in total. The summed E-state index contributed by atoms with van der Waals surface area (Å²) in [7, 11) is 1.61. The van der Waals surface area contributed by atoms with E-state index in [1.165, 1.54) is 0 Å². The van der Waals surface area contributed by atoms with Crippen molar-refractivity contribution < 1.29 is 9.47 Å². The van der Waals surface area contributed by atoms with Crippen molar-refractivity contribution in [1.29, 1.82) is 0 Å². The van der Waals surface area contributed by atoms with E-state index in [9.17, 15) is 0 Å². The first kappa shape index (κ1) is 13.4. The first-order chi connectivity index (χ1) is 10.3. The predicted octanol–water partition coefficient (Wildman–Crippen LogP) is 3.49. The van der Waals surface area contributed by atoms with Crippen molar-refractivity contribution in [2.75, 3.05) is 7.11 Å². The third-order valence-corrected chi connectivity index (χ3v) is 3.28. The number of methoxy groups -OCH3 is 1. The van der Waals surface area contributed by atoms with E-state index >= 15 is 0 Å². The summed E-state index contributed by atoms with van der Waals surface area (Å²) in [5, 5.41) is 1.05. The van der Waals surface area contributed by atoms with E-state index in [4.69, 9.17) is 15.2 Å². The van der Waals surface area contributed by atoms with E-state index < -0.39 is 0 Å². The Morgan fingerprint density at radius 3 is 2.48 bits per heavy atom. The van der Waals surface area contributed by atoms with Crippen LogP contribution in [-0.2, 0) is 6.54 Å². The molecular weight excluding hydrogens is 264 g/mol. The molecule has 1 aromatic heterocycles. The van der Waals surface area contributed by atoms with Crippen molar-refractivity contribution >= 4 is 10.9 Å². The Morgan fingerprint density at radius 2 is 1.71 bits per heavy atom. The summed E-state index contributed by atoms with van der Waals surface area (Å²) in [6.45, 7) is 0.436. The zero-order valence-corrected chi connectivity index (χ0v) is 11.7. The second kappa shape index (κ2) is 5.81. The SMILES string of the molecule is COc1ccccc1Oc1cc(CN)c2ccccc2n1. The number of aromatic nitrogens is 1. The summed E-state index contributed by atoms with van der Waals surface area (Å²) in [4.78, 5) is 4.52. The molecule has 0 saturated carbocycles. The van der Waals surface area contributed by atoms with Crippen LogP contribution in [0.5, 0.6) is 17.4 Å². The smallest absolute Gasteiger partial charge is 0.220 e. The zero-order chi connectivity index (χ0) is 14.7. The molecule has 4 heteroatoms. The van der Waals surface area contributed by atoms with Gasteiger partial charge in [-0.15, -0.1) is 0 Å². The number of para-hydroxylation sites is 3. The van der Waals surface area contributed by atoms with E-state index in [1.54, 1.807) is 7.11 Å². The number of pyridine rings is 1. The zero-order valence-electron chi connectivity index (χ0n) is 11.7. The second-order valence-electron chi connectivity index (χ2n) is 4.59. The van der Waals surface area contributed by atoms with Crippen molar-refractivity contribution in [3.63, 3.8) is 0 Å². The number of nitrogens with two attached hydrogens (primary N) is 1. The number of rotatable bonds is 4. The highest BCUT2D eigenvalue weighted by Crippen LogP contribution is 2.31. The van der Waals surface area contributed by atoms with Crippen LogP contribution in [-0.4, -0.2) is 12.1 Å². The van der Waals surface area contributed by atoms with Gasteiger partial charge in [0.15, 0.2) is 11.5 Å². The molecule has 0 spiro atoms. The maximum atomic E-state index is 5.86. The topological polar surface area (TPSA) is 57.4 Å². The summed E-state index contributed by atoms with van der Waals surface area (Å²) >= 11 is 0. The molecule has 0 amide bonds. The Kier molecular flexibility index (Phi) is 3.71.